The van der Waals surface area contributed by atoms with Crippen molar-refractivity contribution in [2.24, 2.45) is 5.73 Å². The molecule has 15 heavy (non-hydrogen) atoms. The Balaban J connectivity index is 2.33. The normalized spacial score (nSPS) is 13.1. The third kappa shape index (κ3) is 4.45. The van der Waals surface area contributed by atoms with Gasteiger partial charge in [-0.1, -0.05) is 37.3 Å². The summed E-state index contributed by atoms with van der Waals surface area (Å²) in [5.41, 5.74) is 7.35. The monoisotopic (exact) mass is 206 g/mol. The molecule has 84 valence electrons. The second-order valence-electron chi connectivity index (χ2n) is 4.11. The summed E-state index contributed by atoms with van der Waals surface area (Å²) >= 11 is 0. The fourth-order valence-electron chi connectivity index (χ4n) is 1.72. The highest BCUT2D eigenvalue weighted by atomic mass is 15.1. The van der Waals surface area contributed by atoms with Crippen LogP contribution in [0, 0.1) is 0 Å². The fraction of sp³-hybridized carbons (Fsp3) is 0.538. The first-order valence-corrected chi connectivity index (χ1v) is 5.73. The van der Waals surface area contributed by atoms with Crippen LogP contribution in [-0.2, 0) is 0 Å². The molecule has 2 nitrogen and oxygen atoms in total. The molecule has 1 aromatic carbocycles. The van der Waals surface area contributed by atoms with E-state index in [2.05, 4.69) is 31.0 Å². The molecule has 0 bridgehead atoms. The van der Waals surface area contributed by atoms with E-state index in [9.17, 15) is 0 Å². The maximum atomic E-state index is 6.11. The number of nitrogens with zero attached hydrogens (tertiary/aromatic N) is 1. The van der Waals surface area contributed by atoms with Crippen LogP contribution in [0.1, 0.15) is 31.4 Å². The van der Waals surface area contributed by atoms with Gasteiger partial charge in [0.25, 0.3) is 0 Å². The Morgan fingerprint density at radius 1 is 1.20 bits per heavy atom. The summed E-state index contributed by atoms with van der Waals surface area (Å²) in [7, 11) is 2.15. The van der Waals surface area contributed by atoms with Crippen LogP contribution in [0.15, 0.2) is 30.3 Å². The third-order valence-electron chi connectivity index (χ3n) is 2.65. The van der Waals surface area contributed by atoms with Crippen LogP contribution < -0.4 is 5.73 Å². The van der Waals surface area contributed by atoms with Gasteiger partial charge in [-0.25, -0.2) is 0 Å². The van der Waals surface area contributed by atoms with Crippen molar-refractivity contribution in [3.63, 3.8) is 0 Å². The number of hydrogen-bond acceptors (Lipinski definition) is 2. The highest BCUT2D eigenvalue weighted by Crippen LogP contribution is 2.13. The molecule has 0 amide bonds. The molecule has 0 spiro atoms. The Labute approximate surface area is 93.1 Å². The smallest absolute Gasteiger partial charge is 0.0307 e. The van der Waals surface area contributed by atoms with Gasteiger partial charge in [-0.2, -0.15) is 0 Å². The first-order chi connectivity index (χ1) is 7.24. The Kier molecular flexibility index (Phi) is 5.37. The molecule has 0 radical (unpaired) electrons. The molecule has 0 saturated carbocycles. The number of nitrogens with two attached hydrogens (primary N) is 1. The van der Waals surface area contributed by atoms with Crippen molar-refractivity contribution in [2.75, 3.05) is 20.1 Å². The SMILES string of the molecule is CCCN(C)CCC(N)c1ccccc1. The van der Waals surface area contributed by atoms with Crippen molar-refractivity contribution in [3.05, 3.63) is 35.9 Å². The number of rotatable bonds is 6. The van der Waals surface area contributed by atoms with Crippen LogP contribution in [0.2, 0.25) is 0 Å². The van der Waals surface area contributed by atoms with Crippen LogP contribution in [0.4, 0.5) is 0 Å². The van der Waals surface area contributed by atoms with Gasteiger partial charge < -0.3 is 10.6 Å². The van der Waals surface area contributed by atoms with Crippen LogP contribution in [-0.4, -0.2) is 25.0 Å². The van der Waals surface area contributed by atoms with Gasteiger partial charge in [0, 0.05) is 6.04 Å². The van der Waals surface area contributed by atoms with Crippen LogP contribution in [0.5, 0.6) is 0 Å². The molecule has 0 aromatic heterocycles. The van der Waals surface area contributed by atoms with E-state index in [1.807, 2.05) is 18.2 Å². The van der Waals surface area contributed by atoms with Crippen molar-refractivity contribution in [3.8, 4) is 0 Å². The van der Waals surface area contributed by atoms with Crippen LogP contribution >= 0.6 is 0 Å². The van der Waals surface area contributed by atoms with E-state index in [-0.39, 0.29) is 6.04 Å². The Morgan fingerprint density at radius 2 is 1.87 bits per heavy atom. The van der Waals surface area contributed by atoms with E-state index in [4.69, 9.17) is 5.73 Å². The van der Waals surface area contributed by atoms with Gasteiger partial charge in [0.05, 0.1) is 0 Å². The molecule has 1 aromatic rings. The first kappa shape index (κ1) is 12.2. The van der Waals surface area contributed by atoms with Gasteiger partial charge in [-0.05, 0) is 38.5 Å². The molecule has 1 rings (SSSR count). The average Bonchev–Trinajstić information content (AvgIpc) is 2.27. The largest absolute Gasteiger partial charge is 0.324 e. The summed E-state index contributed by atoms with van der Waals surface area (Å²) in [4.78, 5) is 2.34. The standard InChI is InChI=1S/C13H22N2/c1-3-10-15(2)11-9-13(14)12-7-5-4-6-8-12/h4-8,13H,3,9-11,14H2,1-2H3. The number of benzene rings is 1. The van der Waals surface area contributed by atoms with Gasteiger partial charge in [-0.15, -0.1) is 0 Å². The summed E-state index contributed by atoms with van der Waals surface area (Å²) in [6, 6.07) is 10.5. The Bertz CT molecular complexity index is 258. The molecule has 0 saturated heterocycles. The molecule has 0 fully saturated rings. The Morgan fingerprint density at radius 3 is 2.47 bits per heavy atom. The average molecular weight is 206 g/mol. The Hall–Kier alpha value is -0.860. The predicted octanol–water partition coefficient (Wildman–Crippen LogP) is 2.42. The van der Waals surface area contributed by atoms with Gasteiger partial charge in [0.15, 0.2) is 0 Å². The lowest BCUT2D eigenvalue weighted by Crippen LogP contribution is -2.24. The second kappa shape index (κ2) is 6.59. The lowest BCUT2D eigenvalue weighted by atomic mass is 10.0. The fourth-order valence-corrected chi connectivity index (χ4v) is 1.72. The van der Waals surface area contributed by atoms with Crippen LogP contribution in [0.3, 0.4) is 0 Å². The molecule has 0 aliphatic heterocycles. The van der Waals surface area contributed by atoms with Gasteiger partial charge in [-0.3, -0.25) is 0 Å². The van der Waals surface area contributed by atoms with E-state index >= 15 is 0 Å². The van der Waals surface area contributed by atoms with E-state index in [0.29, 0.717) is 0 Å². The number of hydrogen-bond donors (Lipinski definition) is 1. The van der Waals surface area contributed by atoms with Crippen molar-refractivity contribution in [1.29, 1.82) is 0 Å². The summed E-state index contributed by atoms with van der Waals surface area (Å²) < 4.78 is 0. The molecule has 2 N–H and O–H groups in total. The maximum absolute atomic E-state index is 6.11. The molecule has 1 unspecified atom stereocenters. The zero-order valence-electron chi connectivity index (χ0n) is 9.82. The molecular formula is C13H22N2. The molecular weight excluding hydrogens is 184 g/mol. The quantitative estimate of drug-likeness (QED) is 0.774. The zero-order chi connectivity index (χ0) is 11.1. The van der Waals surface area contributed by atoms with Gasteiger partial charge >= 0.3 is 0 Å². The van der Waals surface area contributed by atoms with Crippen molar-refractivity contribution < 1.29 is 0 Å². The summed E-state index contributed by atoms with van der Waals surface area (Å²) in [5.74, 6) is 0. The first-order valence-electron chi connectivity index (χ1n) is 5.73. The lowest BCUT2D eigenvalue weighted by Gasteiger charge is -2.18. The lowest BCUT2D eigenvalue weighted by molar-refractivity contribution is 0.319. The summed E-state index contributed by atoms with van der Waals surface area (Å²) in [6.45, 7) is 4.43. The maximum Gasteiger partial charge on any atom is 0.0307 e. The second-order valence-corrected chi connectivity index (χ2v) is 4.11. The van der Waals surface area contributed by atoms with E-state index in [1.165, 1.54) is 12.0 Å². The third-order valence-corrected chi connectivity index (χ3v) is 2.65. The van der Waals surface area contributed by atoms with E-state index < -0.39 is 0 Å². The van der Waals surface area contributed by atoms with Crippen molar-refractivity contribution in [2.45, 2.75) is 25.8 Å². The van der Waals surface area contributed by atoms with Crippen LogP contribution in [0.25, 0.3) is 0 Å². The van der Waals surface area contributed by atoms with Crippen molar-refractivity contribution in [1.82, 2.24) is 4.90 Å². The van der Waals surface area contributed by atoms with Gasteiger partial charge in [0.1, 0.15) is 0 Å². The van der Waals surface area contributed by atoms with E-state index in [0.717, 1.165) is 19.5 Å². The summed E-state index contributed by atoms with van der Waals surface area (Å²) in [6.07, 6.45) is 2.23. The van der Waals surface area contributed by atoms with Gasteiger partial charge in [0.2, 0.25) is 0 Å². The minimum Gasteiger partial charge on any atom is -0.324 e. The molecule has 0 heterocycles. The van der Waals surface area contributed by atoms with Crippen molar-refractivity contribution >= 4 is 0 Å². The molecule has 1 atom stereocenters. The predicted molar refractivity (Wildman–Crippen MR) is 65.8 cm³/mol. The minimum absolute atomic E-state index is 0.172. The highest BCUT2D eigenvalue weighted by molar-refractivity contribution is 5.18. The molecule has 0 aliphatic carbocycles. The molecule has 2 heteroatoms. The zero-order valence-corrected chi connectivity index (χ0v) is 9.82. The van der Waals surface area contributed by atoms with E-state index in [1.54, 1.807) is 0 Å². The topological polar surface area (TPSA) is 29.3 Å². The highest BCUT2D eigenvalue weighted by Gasteiger charge is 2.06. The minimum atomic E-state index is 0.172. The summed E-state index contributed by atoms with van der Waals surface area (Å²) in [5, 5.41) is 0. The molecule has 0 aliphatic rings.